The van der Waals surface area contributed by atoms with E-state index in [9.17, 15) is 9.59 Å². The van der Waals surface area contributed by atoms with Gasteiger partial charge < -0.3 is 10.4 Å². The standard InChI is InChI=1S/C7H10N2O3/c1-5(10)9-6(7(11)12)3-2-4-8/h6H,2-3H2,1H3,(H,9,10)(H,11,12)/t6-/m0/s1. The third kappa shape index (κ3) is 4.28. The predicted octanol–water partition coefficient (Wildman–Crippen LogP) is -0.121. The molecule has 0 fully saturated rings. The van der Waals surface area contributed by atoms with Crippen molar-refractivity contribution < 1.29 is 14.7 Å². The van der Waals surface area contributed by atoms with Gasteiger partial charge >= 0.3 is 5.97 Å². The molecular weight excluding hydrogens is 160 g/mol. The predicted molar refractivity (Wildman–Crippen MR) is 40.1 cm³/mol. The molecule has 0 saturated carbocycles. The lowest BCUT2D eigenvalue weighted by atomic mass is 10.1. The normalized spacial score (nSPS) is 11.3. The first-order chi connectivity index (χ1) is 5.57. The highest BCUT2D eigenvalue weighted by Crippen LogP contribution is 1.96. The maximum absolute atomic E-state index is 10.5. The van der Waals surface area contributed by atoms with E-state index in [1.54, 1.807) is 0 Å². The van der Waals surface area contributed by atoms with Gasteiger partial charge in [0.1, 0.15) is 6.04 Å². The summed E-state index contributed by atoms with van der Waals surface area (Å²) in [6.45, 7) is 1.24. The van der Waals surface area contributed by atoms with Crippen LogP contribution in [0.1, 0.15) is 19.8 Å². The maximum Gasteiger partial charge on any atom is 0.326 e. The van der Waals surface area contributed by atoms with Crippen molar-refractivity contribution in [2.24, 2.45) is 0 Å². The van der Waals surface area contributed by atoms with Crippen molar-refractivity contribution >= 4 is 11.9 Å². The fourth-order valence-corrected chi connectivity index (χ4v) is 0.712. The maximum atomic E-state index is 10.5. The molecule has 0 aliphatic rings. The molecule has 0 aromatic rings. The summed E-state index contributed by atoms with van der Waals surface area (Å²) in [6, 6.07) is 0.869. The minimum absolute atomic E-state index is 0.122. The Morgan fingerprint density at radius 2 is 2.25 bits per heavy atom. The minimum Gasteiger partial charge on any atom is -0.480 e. The Kier molecular flexibility index (Phi) is 4.46. The highest BCUT2D eigenvalue weighted by atomic mass is 16.4. The van der Waals surface area contributed by atoms with Gasteiger partial charge in [-0.1, -0.05) is 0 Å². The van der Waals surface area contributed by atoms with Crippen molar-refractivity contribution in [3.05, 3.63) is 0 Å². The lowest BCUT2D eigenvalue weighted by Gasteiger charge is -2.10. The topological polar surface area (TPSA) is 90.2 Å². The number of aliphatic carboxylic acids is 1. The number of hydrogen-bond donors (Lipinski definition) is 2. The van der Waals surface area contributed by atoms with E-state index in [2.05, 4.69) is 5.32 Å². The summed E-state index contributed by atoms with van der Waals surface area (Å²) >= 11 is 0. The Hall–Kier alpha value is -1.57. The van der Waals surface area contributed by atoms with Crippen molar-refractivity contribution in [3.63, 3.8) is 0 Å². The zero-order chi connectivity index (χ0) is 9.56. The molecule has 0 aliphatic carbocycles. The molecule has 1 amide bonds. The van der Waals surface area contributed by atoms with Crippen LogP contribution >= 0.6 is 0 Å². The molecule has 0 aromatic heterocycles. The van der Waals surface area contributed by atoms with Gasteiger partial charge in [0.25, 0.3) is 0 Å². The first kappa shape index (κ1) is 10.4. The van der Waals surface area contributed by atoms with Crippen LogP contribution in [0, 0.1) is 11.3 Å². The van der Waals surface area contributed by atoms with E-state index < -0.39 is 17.9 Å². The van der Waals surface area contributed by atoms with Gasteiger partial charge in [-0.15, -0.1) is 0 Å². The van der Waals surface area contributed by atoms with Crippen molar-refractivity contribution in [2.45, 2.75) is 25.8 Å². The molecule has 5 heteroatoms. The molecule has 0 aromatic carbocycles. The lowest BCUT2D eigenvalue weighted by Crippen LogP contribution is -2.39. The number of amides is 1. The summed E-state index contributed by atoms with van der Waals surface area (Å²) in [5, 5.41) is 18.9. The van der Waals surface area contributed by atoms with Gasteiger partial charge in [0.2, 0.25) is 5.91 Å². The summed E-state index contributed by atoms with van der Waals surface area (Å²) in [4.78, 5) is 20.9. The van der Waals surface area contributed by atoms with Crippen molar-refractivity contribution in [3.8, 4) is 6.07 Å². The molecule has 0 aliphatic heterocycles. The Bertz CT molecular complexity index is 219. The molecule has 1 atom stereocenters. The van der Waals surface area contributed by atoms with Crippen LogP contribution in [-0.4, -0.2) is 23.0 Å². The second-order valence-electron chi connectivity index (χ2n) is 2.29. The number of nitrogens with zero attached hydrogens (tertiary/aromatic N) is 1. The number of carboxylic acids is 1. The summed E-state index contributed by atoms with van der Waals surface area (Å²) in [6.07, 6.45) is 0.267. The van der Waals surface area contributed by atoms with Crippen LogP contribution in [0.3, 0.4) is 0 Å². The largest absolute Gasteiger partial charge is 0.480 e. The molecule has 0 heterocycles. The average molecular weight is 170 g/mol. The van der Waals surface area contributed by atoms with E-state index in [0.717, 1.165) is 0 Å². The number of nitriles is 1. The number of hydrogen-bond acceptors (Lipinski definition) is 3. The zero-order valence-electron chi connectivity index (χ0n) is 6.70. The first-order valence-electron chi connectivity index (χ1n) is 3.44. The van der Waals surface area contributed by atoms with Crippen LogP contribution in [0.5, 0.6) is 0 Å². The summed E-state index contributed by atoms with van der Waals surface area (Å²) < 4.78 is 0. The molecule has 0 rings (SSSR count). The monoisotopic (exact) mass is 170 g/mol. The molecule has 2 N–H and O–H groups in total. The van der Waals surface area contributed by atoms with Gasteiger partial charge in [0.15, 0.2) is 0 Å². The van der Waals surface area contributed by atoms with E-state index in [-0.39, 0.29) is 12.8 Å². The van der Waals surface area contributed by atoms with Crippen LogP contribution in [0.15, 0.2) is 0 Å². The molecule has 0 unspecified atom stereocenters. The van der Waals surface area contributed by atoms with Gasteiger partial charge in [-0.2, -0.15) is 5.26 Å². The van der Waals surface area contributed by atoms with E-state index in [0.29, 0.717) is 0 Å². The Morgan fingerprint density at radius 1 is 1.67 bits per heavy atom. The molecule has 0 radical (unpaired) electrons. The third-order valence-electron chi connectivity index (χ3n) is 1.22. The van der Waals surface area contributed by atoms with Gasteiger partial charge in [-0.05, 0) is 6.42 Å². The van der Waals surface area contributed by atoms with E-state index in [4.69, 9.17) is 10.4 Å². The van der Waals surface area contributed by atoms with E-state index in [1.807, 2.05) is 6.07 Å². The molecular formula is C7H10N2O3. The highest BCUT2D eigenvalue weighted by Gasteiger charge is 2.16. The fourth-order valence-electron chi connectivity index (χ4n) is 0.712. The molecule has 66 valence electrons. The molecule has 0 bridgehead atoms. The summed E-state index contributed by atoms with van der Waals surface area (Å²) in [7, 11) is 0. The second kappa shape index (κ2) is 5.13. The number of carbonyl (C=O) groups is 2. The van der Waals surface area contributed by atoms with Crippen molar-refractivity contribution in [1.29, 1.82) is 5.26 Å². The Labute approximate surface area is 70.0 Å². The van der Waals surface area contributed by atoms with Crippen LogP contribution in [0.4, 0.5) is 0 Å². The number of nitrogens with one attached hydrogen (secondary N) is 1. The number of carbonyl (C=O) groups excluding carboxylic acids is 1. The number of carboxylic acid groups (broad SMARTS) is 1. The van der Waals surface area contributed by atoms with Gasteiger partial charge in [-0.25, -0.2) is 4.79 Å². The molecule has 0 saturated heterocycles. The lowest BCUT2D eigenvalue weighted by molar-refractivity contribution is -0.141. The zero-order valence-corrected chi connectivity index (χ0v) is 6.70. The Morgan fingerprint density at radius 3 is 2.58 bits per heavy atom. The smallest absolute Gasteiger partial charge is 0.326 e. The SMILES string of the molecule is CC(=O)N[C@@H](CCC#N)C(=O)O. The van der Waals surface area contributed by atoms with Crippen molar-refractivity contribution in [1.82, 2.24) is 5.32 Å². The van der Waals surface area contributed by atoms with Gasteiger partial charge in [0, 0.05) is 13.3 Å². The molecule has 12 heavy (non-hydrogen) atoms. The molecule has 0 spiro atoms. The minimum atomic E-state index is -1.11. The highest BCUT2D eigenvalue weighted by molar-refractivity contribution is 5.81. The summed E-state index contributed by atoms with van der Waals surface area (Å²) in [5.74, 6) is -1.51. The second-order valence-corrected chi connectivity index (χ2v) is 2.29. The average Bonchev–Trinajstić information content (AvgIpc) is 1.96. The Balaban J connectivity index is 3.97. The van der Waals surface area contributed by atoms with Gasteiger partial charge in [0.05, 0.1) is 6.07 Å². The fraction of sp³-hybridized carbons (Fsp3) is 0.571. The molecule has 5 nitrogen and oxygen atoms in total. The summed E-state index contributed by atoms with van der Waals surface area (Å²) in [5.41, 5.74) is 0. The van der Waals surface area contributed by atoms with Crippen LogP contribution in [0.25, 0.3) is 0 Å². The van der Waals surface area contributed by atoms with Gasteiger partial charge in [-0.3, -0.25) is 4.79 Å². The number of rotatable bonds is 4. The third-order valence-corrected chi connectivity index (χ3v) is 1.22. The van der Waals surface area contributed by atoms with Crippen molar-refractivity contribution in [2.75, 3.05) is 0 Å². The first-order valence-corrected chi connectivity index (χ1v) is 3.44. The quantitative estimate of drug-likeness (QED) is 0.615. The van der Waals surface area contributed by atoms with Crippen LogP contribution in [-0.2, 0) is 9.59 Å². The van der Waals surface area contributed by atoms with Crippen LogP contribution in [0.2, 0.25) is 0 Å². The van der Waals surface area contributed by atoms with Crippen LogP contribution < -0.4 is 5.32 Å². The van der Waals surface area contributed by atoms with E-state index in [1.165, 1.54) is 6.92 Å². The van der Waals surface area contributed by atoms with E-state index >= 15 is 0 Å².